The van der Waals surface area contributed by atoms with Crippen LogP contribution in [0.15, 0.2) is 12.4 Å². The van der Waals surface area contributed by atoms with Gasteiger partial charge >= 0.3 is 0 Å². The lowest BCUT2D eigenvalue weighted by atomic mass is 10.0. The van der Waals surface area contributed by atoms with Gasteiger partial charge in [-0.2, -0.15) is 0 Å². The number of nitrogens with one attached hydrogen (secondary N) is 1. The summed E-state index contributed by atoms with van der Waals surface area (Å²) in [5, 5.41) is 3.45. The number of aromatic nitrogens is 2. The van der Waals surface area contributed by atoms with Gasteiger partial charge in [-0.1, -0.05) is 6.92 Å². The molecule has 0 aliphatic carbocycles. The highest BCUT2D eigenvalue weighted by atomic mass is 16.5. The summed E-state index contributed by atoms with van der Waals surface area (Å²) >= 11 is 0. The first-order chi connectivity index (χ1) is 8.86. The van der Waals surface area contributed by atoms with E-state index in [1.54, 1.807) is 6.33 Å². The monoisotopic (exact) mass is 248 g/mol. The molecule has 1 aromatic rings. The quantitative estimate of drug-likeness (QED) is 0.858. The van der Waals surface area contributed by atoms with E-state index in [9.17, 15) is 0 Å². The maximum absolute atomic E-state index is 5.56. The van der Waals surface area contributed by atoms with Gasteiger partial charge in [-0.25, -0.2) is 9.97 Å². The van der Waals surface area contributed by atoms with Crippen LogP contribution in [0, 0.1) is 11.8 Å². The molecule has 0 radical (unpaired) electrons. The van der Waals surface area contributed by atoms with Crippen LogP contribution in [-0.4, -0.2) is 42.8 Å². The van der Waals surface area contributed by atoms with Crippen LogP contribution in [0.5, 0.6) is 5.88 Å². The zero-order chi connectivity index (χ0) is 12.4. The molecular formula is C13H20N4O. The van der Waals surface area contributed by atoms with Gasteiger partial charge in [0.15, 0.2) is 0 Å². The third kappa shape index (κ3) is 2.27. The summed E-state index contributed by atoms with van der Waals surface area (Å²) in [6, 6.07) is 1.96. The number of fused-ring (bicyclic) bond motifs is 1. The van der Waals surface area contributed by atoms with Gasteiger partial charge in [0.25, 0.3) is 0 Å². The number of hydrogen-bond donors (Lipinski definition) is 1. The van der Waals surface area contributed by atoms with Crippen molar-refractivity contribution in [3.05, 3.63) is 12.4 Å². The van der Waals surface area contributed by atoms with Crippen molar-refractivity contribution in [2.45, 2.75) is 13.3 Å². The lowest BCUT2D eigenvalue weighted by Crippen LogP contribution is -2.26. The summed E-state index contributed by atoms with van der Waals surface area (Å²) in [6.07, 6.45) is 2.60. The van der Waals surface area contributed by atoms with Gasteiger partial charge in [0, 0.05) is 32.2 Å². The van der Waals surface area contributed by atoms with Gasteiger partial charge in [-0.05, 0) is 18.3 Å². The zero-order valence-electron chi connectivity index (χ0n) is 10.8. The second-order valence-electron chi connectivity index (χ2n) is 5.15. The lowest BCUT2D eigenvalue weighted by Gasteiger charge is -2.18. The van der Waals surface area contributed by atoms with E-state index in [-0.39, 0.29) is 0 Å². The SMILES string of the molecule is CCCOc1cc(N2C[C@H]3CNC[C@H]3C2)ncn1. The van der Waals surface area contributed by atoms with Crippen LogP contribution in [0.25, 0.3) is 0 Å². The van der Waals surface area contributed by atoms with Crippen LogP contribution in [0.3, 0.4) is 0 Å². The molecule has 0 unspecified atom stereocenters. The van der Waals surface area contributed by atoms with E-state index < -0.39 is 0 Å². The van der Waals surface area contributed by atoms with E-state index in [0.29, 0.717) is 12.5 Å². The summed E-state index contributed by atoms with van der Waals surface area (Å²) < 4.78 is 5.56. The summed E-state index contributed by atoms with van der Waals surface area (Å²) in [7, 11) is 0. The van der Waals surface area contributed by atoms with Crippen molar-refractivity contribution in [2.75, 3.05) is 37.7 Å². The normalized spacial score (nSPS) is 26.4. The number of anilines is 1. The molecule has 2 fully saturated rings. The Morgan fingerprint density at radius 1 is 1.33 bits per heavy atom. The summed E-state index contributed by atoms with van der Waals surface area (Å²) in [4.78, 5) is 10.9. The van der Waals surface area contributed by atoms with E-state index >= 15 is 0 Å². The van der Waals surface area contributed by atoms with E-state index in [1.807, 2.05) is 6.07 Å². The average molecular weight is 248 g/mol. The first-order valence-electron chi connectivity index (χ1n) is 6.77. The Balaban J connectivity index is 1.69. The molecule has 2 atom stereocenters. The topological polar surface area (TPSA) is 50.3 Å². The van der Waals surface area contributed by atoms with E-state index in [4.69, 9.17) is 4.74 Å². The van der Waals surface area contributed by atoms with Crippen LogP contribution >= 0.6 is 0 Å². The Bertz CT molecular complexity index is 400. The molecule has 0 spiro atoms. The largest absolute Gasteiger partial charge is 0.478 e. The predicted octanol–water partition coefficient (Wildman–Crippen LogP) is 0.921. The third-order valence-corrected chi connectivity index (χ3v) is 3.80. The Morgan fingerprint density at radius 2 is 2.11 bits per heavy atom. The highest BCUT2D eigenvalue weighted by molar-refractivity contribution is 5.42. The number of ether oxygens (including phenoxy) is 1. The summed E-state index contributed by atoms with van der Waals surface area (Å²) in [6.45, 7) is 7.29. The smallest absolute Gasteiger partial charge is 0.218 e. The average Bonchev–Trinajstić information content (AvgIpc) is 2.97. The van der Waals surface area contributed by atoms with Crippen LogP contribution in [-0.2, 0) is 0 Å². The highest BCUT2D eigenvalue weighted by Gasteiger charge is 2.36. The van der Waals surface area contributed by atoms with Gasteiger partial charge in [0.1, 0.15) is 12.1 Å². The van der Waals surface area contributed by atoms with E-state index in [2.05, 4.69) is 27.1 Å². The Kier molecular flexibility index (Phi) is 3.32. The molecule has 0 saturated carbocycles. The zero-order valence-corrected chi connectivity index (χ0v) is 10.8. The van der Waals surface area contributed by atoms with Gasteiger partial charge in [0.05, 0.1) is 6.61 Å². The van der Waals surface area contributed by atoms with Crippen molar-refractivity contribution >= 4 is 5.82 Å². The molecule has 2 aliphatic rings. The molecule has 3 rings (SSSR count). The third-order valence-electron chi connectivity index (χ3n) is 3.80. The van der Waals surface area contributed by atoms with Crippen molar-refractivity contribution in [1.82, 2.24) is 15.3 Å². The molecule has 1 N–H and O–H groups in total. The van der Waals surface area contributed by atoms with Crippen molar-refractivity contribution in [1.29, 1.82) is 0 Å². The fraction of sp³-hybridized carbons (Fsp3) is 0.692. The molecule has 0 amide bonds. The van der Waals surface area contributed by atoms with Crippen LogP contribution in [0.1, 0.15) is 13.3 Å². The molecule has 3 heterocycles. The maximum atomic E-state index is 5.56. The van der Waals surface area contributed by atoms with Crippen molar-refractivity contribution in [3.8, 4) is 5.88 Å². The van der Waals surface area contributed by atoms with Crippen LogP contribution in [0.2, 0.25) is 0 Å². The maximum Gasteiger partial charge on any atom is 0.218 e. The molecule has 98 valence electrons. The fourth-order valence-electron chi connectivity index (χ4n) is 2.83. The molecule has 2 aliphatic heterocycles. The standard InChI is InChI=1S/C13H20N4O/c1-2-3-18-13-4-12(15-9-16-13)17-7-10-5-14-6-11(10)8-17/h4,9-11,14H,2-3,5-8H2,1H3/t10-,11+. The first-order valence-corrected chi connectivity index (χ1v) is 6.77. The molecule has 5 heteroatoms. The molecule has 18 heavy (non-hydrogen) atoms. The predicted molar refractivity (Wildman–Crippen MR) is 69.9 cm³/mol. The second-order valence-corrected chi connectivity index (χ2v) is 5.15. The van der Waals surface area contributed by atoms with Crippen LogP contribution < -0.4 is 15.0 Å². The first kappa shape index (κ1) is 11.7. The molecule has 5 nitrogen and oxygen atoms in total. The van der Waals surface area contributed by atoms with Crippen molar-refractivity contribution < 1.29 is 4.74 Å². The minimum absolute atomic E-state index is 0.692. The van der Waals surface area contributed by atoms with Crippen molar-refractivity contribution in [3.63, 3.8) is 0 Å². The van der Waals surface area contributed by atoms with Gasteiger partial charge in [-0.15, -0.1) is 0 Å². The van der Waals surface area contributed by atoms with E-state index in [0.717, 1.165) is 50.3 Å². The molecule has 0 aromatic carbocycles. The second kappa shape index (κ2) is 5.10. The Morgan fingerprint density at radius 3 is 2.83 bits per heavy atom. The minimum atomic E-state index is 0.692. The summed E-state index contributed by atoms with van der Waals surface area (Å²) in [5.41, 5.74) is 0. The number of nitrogens with zero attached hydrogens (tertiary/aromatic N) is 3. The number of rotatable bonds is 4. The minimum Gasteiger partial charge on any atom is -0.478 e. The Labute approximate surface area is 108 Å². The lowest BCUT2D eigenvalue weighted by molar-refractivity contribution is 0.304. The van der Waals surface area contributed by atoms with Gasteiger partial charge < -0.3 is 15.0 Å². The molecule has 1 aromatic heterocycles. The van der Waals surface area contributed by atoms with Gasteiger partial charge in [0.2, 0.25) is 5.88 Å². The summed E-state index contributed by atoms with van der Waals surface area (Å²) in [5.74, 6) is 3.25. The van der Waals surface area contributed by atoms with Crippen molar-refractivity contribution in [2.24, 2.45) is 11.8 Å². The molecule has 0 bridgehead atoms. The highest BCUT2D eigenvalue weighted by Crippen LogP contribution is 2.30. The number of hydrogen-bond acceptors (Lipinski definition) is 5. The molecular weight excluding hydrogens is 228 g/mol. The fourth-order valence-corrected chi connectivity index (χ4v) is 2.83. The Hall–Kier alpha value is -1.36. The molecule has 2 saturated heterocycles. The van der Waals surface area contributed by atoms with Gasteiger partial charge in [-0.3, -0.25) is 0 Å². The van der Waals surface area contributed by atoms with E-state index in [1.165, 1.54) is 0 Å². The van der Waals surface area contributed by atoms with Crippen LogP contribution in [0.4, 0.5) is 5.82 Å².